The summed E-state index contributed by atoms with van der Waals surface area (Å²) in [6, 6.07) is 5.82. The molecule has 0 aliphatic rings. The maximum absolute atomic E-state index is 6.07. The van der Waals surface area contributed by atoms with Gasteiger partial charge in [0.25, 0.3) is 0 Å². The standard InChI is InChI=1S/C12H16BrNO/c1-8(2)6-11(14)10-5-4-9(13)7-12(10)15-3/h4-5,7,11H,1,6,14H2,2-3H3. The number of methoxy groups -OCH3 is 1. The van der Waals surface area contributed by atoms with E-state index in [1.165, 1.54) is 0 Å². The minimum Gasteiger partial charge on any atom is -0.496 e. The largest absolute Gasteiger partial charge is 0.496 e. The lowest BCUT2D eigenvalue weighted by atomic mass is 10.0. The van der Waals surface area contributed by atoms with Crippen molar-refractivity contribution in [3.63, 3.8) is 0 Å². The molecular weight excluding hydrogens is 254 g/mol. The van der Waals surface area contributed by atoms with Gasteiger partial charge in [0.2, 0.25) is 0 Å². The third-order valence-electron chi connectivity index (χ3n) is 2.16. The number of hydrogen-bond donors (Lipinski definition) is 1. The number of nitrogens with two attached hydrogens (primary N) is 1. The van der Waals surface area contributed by atoms with Gasteiger partial charge in [-0.1, -0.05) is 27.6 Å². The number of hydrogen-bond acceptors (Lipinski definition) is 2. The molecular formula is C12H16BrNO. The molecule has 0 saturated heterocycles. The van der Waals surface area contributed by atoms with Gasteiger partial charge in [0.1, 0.15) is 5.75 Å². The zero-order chi connectivity index (χ0) is 11.4. The molecule has 0 spiro atoms. The van der Waals surface area contributed by atoms with Crippen molar-refractivity contribution in [2.45, 2.75) is 19.4 Å². The molecule has 1 aromatic rings. The highest BCUT2D eigenvalue weighted by molar-refractivity contribution is 9.10. The summed E-state index contributed by atoms with van der Waals surface area (Å²) in [7, 11) is 1.65. The van der Waals surface area contributed by atoms with Crippen LogP contribution in [0.15, 0.2) is 34.8 Å². The second-order valence-corrected chi connectivity index (χ2v) is 4.57. The Balaban J connectivity index is 2.97. The van der Waals surface area contributed by atoms with Gasteiger partial charge in [-0.15, -0.1) is 6.58 Å². The van der Waals surface area contributed by atoms with E-state index in [1.807, 2.05) is 25.1 Å². The highest BCUT2D eigenvalue weighted by atomic mass is 79.9. The lowest BCUT2D eigenvalue weighted by Crippen LogP contribution is -2.11. The maximum Gasteiger partial charge on any atom is 0.124 e. The molecule has 82 valence electrons. The summed E-state index contributed by atoms with van der Waals surface area (Å²) in [4.78, 5) is 0. The Morgan fingerprint density at radius 1 is 1.60 bits per heavy atom. The van der Waals surface area contributed by atoms with Crippen LogP contribution < -0.4 is 10.5 Å². The van der Waals surface area contributed by atoms with Gasteiger partial charge in [-0.25, -0.2) is 0 Å². The van der Waals surface area contributed by atoms with Crippen molar-refractivity contribution >= 4 is 15.9 Å². The van der Waals surface area contributed by atoms with Gasteiger partial charge in [-0.3, -0.25) is 0 Å². The topological polar surface area (TPSA) is 35.2 Å². The maximum atomic E-state index is 6.07. The van der Waals surface area contributed by atoms with E-state index < -0.39 is 0 Å². The molecule has 1 rings (SSSR count). The van der Waals surface area contributed by atoms with Gasteiger partial charge in [-0.05, 0) is 25.5 Å². The van der Waals surface area contributed by atoms with Crippen molar-refractivity contribution < 1.29 is 4.74 Å². The van der Waals surface area contributed by atoms with E-state index in [-0.39, 0.29) is 6.04 Å². The van der Waals surface area contributed by atoms with E-state index in [0.717, 1.165) is 27.8 Å². The Morgan fingerprint density at radius 2 is 2.27 bits per heavy atom. The Kier molecular flexibility index (Phi) is 4.36. The highest BCUT2D eigenvalue weighted by Crippen LogP contribution is 2.29. The molecule has 0 radical (unpaired) electrons. The molecule has 0 aliphatic carbocycles. The Hall–Kier alpha value is -0.800. The molecule has 2 nitrogen and oxygen atoms in total. The van der Waals surface area contributed by atoms with Crippen LogP contribution in [0.3, 0.4) is 0 Å². The highest BCUT2D eigenvalue weighted by Gasteiger charge is 2.11. The van der Waals surface area contributed by atoms with Crippen LogP contribution in [0, 0.1) is 0 Å². The number of rotatable bonds is 4. The number of halogens is 1. The predicted molar refractivity (Wildman–Crippen MR) is 67.1 cm³/mol. The summed E-state index contributed by atoms with van der Waals surface area (Å²) in [5.74, 6) is 0.818. The second-order valence-electron chi connectivity index (χ2n) is 3.65. The SMILES string of the molecule is C=C(C)CC(N)c1ccc(Br)cc1OC. The van der Waals surface area contributed by atoms with E-state index >= 15 is 0 Å². The van der Waals surface area contributed by atoms with Gasteiger partial charge in [-0.2, -0.15) is 0 Å². The summed E-state index contributed by atoms with van der Waals surface area (Å²) < 4.78 is 6.28. The first-order chi connectivity index (χ1) is 7.04. The molecule has 1 unspecified atom stereocenters. The summed E-state index contributed by atoms with van der Waals surface area (Å²) in [6.45, 7) is 5.84. The molecule has 1 aromatic carbocycles. The van der Waals surface area contributed by atoms with E-state index in [2.05, 4.69) is 22.5 Å². The smallest absolute Gasteiger partial charge is 0.124 e. The Labute approximate surface area is 99.3 Å². The van der Waals surface area contributed by atoms with Crippen molar-refractivity contribution in [3.8, 4) is 5.75 Å². The zero-order valence-electron chi connectivity index (χ0n) is 9.09. The van der Waals surface area contributed by atoms with Gasteiger partial charge >= 0.3 is 0 Å². The van der Waals surface area contributed by atoms with Crippen LogP contribution in [0.25, 0.3) is 0 Å². The molecule has 1 atom stereocenters. The zero-order valence-corrected chi connectivity index (χ0v) is 10.7. The van der Waals surface area contributed by atoms with Crippen LogP contribution in [0.5, 0.6) is 5.75 Å². The van der Waals surface area contributed by atoms with E-state index in [1.54, 1.807) is 7.11 Å². The molecule has 3 heteroatoms. The van der Waals surface area contributed by atoms with Crippen LogP contribution in [0.1, 0.15) is 24.9 Å². The summed E-state index contributed by atoms with van der Waals surface area (Å²) in [6.07, 6.45) is 0.776. The first kappa shape index (κ1) is 12.3. The Morgan fingerprint density at radius 3 is 2.80 bits per heavy atom. The summed E-state index contributed by atoms with van der Waals surface area (Å²) in [5.41, 5.74) is 8.16. The van der Waals surface area contributed by atoms with Crippen LogP contribution in [-0.4, -0.2) is 7.11 Å². The average Bonchev–Trinajstić information content (AvgIpc) is 2.16. The average molecular weight is 270 g/mol. The summed E-state index contributed by atoms with van der Waals surface area (Å²) >= 11 is 3.40. The van der Waals surface area contributed by atoms with Crippen molar-refractivity contribution in [1.82, 2.24) is 0 Å². The van der Waals surface area contributed by atoms with Crippen LogP contribution in [0.2, 0.25) is 0 Å². The van der Waals surface area contributed by atoms with Gasteiger partial charge < -0.3 is 10.5 Å². The summed E-state index contributed by atoms with van der Waals surface area (Å²) in [5, 5.41) is 0. The van der Waals surface area contributed by atoms with Crippen molar-refractivity contribution in [2.24, 2.45) is 5.73 Å². The molecule has 2 N–H and O–H groups in total. The third kappa shape index (κ3) is 3.36. The fraction of sp³-hybridized carbons (Fsp3) is 0.333. The molecule has 0 aliphatic heterocycles. The Bertz CT molecular complexity index is 363. The third-order valence-corrected chi connectivity index (χ3v) is 2.66. The van der Waals surface area contributed by atoms with E-state index in [4.69, 9.17) is 10.5 Å². The normalized spacial score (nSPS) is 12.3. The molecule has 0 amide bonds. The first-order valence-corrected chi connectivity index (χ1v) is 5.57. The van der Waals surface area contributed by atoms with E-state index in [0.29, 0.717) is 0 Å². The van der Waals surface area contributed by atoms with Crippen LogP contribution in [-0.2, 0) is 0 Å². The molecule has 0 saturated carbocycles. The quantitative estimate of drug-likeness (QED) is 0.851. The lowest BCUT2D eigenvalue weighted by molar-refractivity contribution is 0.405. The molecule has 15 heavy (non-hydrogen) atoms. The number of ether oxygens (including phenoxy) is 1. The van der Waals surface area contributed by atoms with Gasteiger partial charge in [0.05, 0.1) is 7.11 Å². The van der Waals surface area contributed by atoms with Crippen LogP contribution >= 0.6 is 15.9 Å². The first-order valence-electron chi connectivity index (χ1n) is 4.78. The second kappa shape index (κ2) is 5.33. The van der Waals surface area contributed by atoms with E-state index in [9.17, 15) is 0 Å². The van der Waals surface area contributed by atoms with Gasteiger partial charge in [0.15, 0.2) is 0 Å². The predicted octanol–water partition coefficient (Wildman–Crippen LogP) is 3.42. The fourth-order valence-corrected chi connectivity index (χ4v) is 1.82. The minimum absolute atomic E-state index is 0.0504. The van der Waals surface area contributed by atoms with Crippen LogP contribution in [0.4, 0.5) is 0 Å². The lowest BCUT2D eigenvalue weighted by Gasteiger charge is -2.15. The molecule has 0 bridgehead atoms. The van der Waals surface area contributed by atoms with Crippen molar-refractivity contribution in [1.29, 1.82) is 0 Å². The molecule has 0 fully saturated rings. The van der Waals surface area contributed by atoms with Crippen molar-refractivity contribution in [3.05, 3.63) is 40.4 Å². The van der Waals surface area contributed by atoms with Crippen molar-refractivity contribution in [2.75, 3.05) is 7.11 Å². The molecule has 0 aromatic heterocycles. The van der Waals surface area contributed by atoms with Gasteiger partial charge in [0, 0.05) is 16.1 Å². The monoisotopic (exact) mass is 269 g/mol. The fourth-order valence-electron chi connectivity index (χ4n) is 1.48. The number of benzene rings is 1. The minimum atomic E-state index is -0.0504. The molecule has 0 heterocycles.